The first kappa shape index (κ1) is 24.5. The number of esters is 2. The third kappa shape index (κ3) is 5.27. The van der Waals surface area contributed by atoms with Crippen LogP contribution < -0.4 is 11.1 Å². The molecule has 2 amide bonds. The first-order chi connectivity index (χ1) is 15.5. The van der Waals surface area contributed by atoms with Crippen LogP contribution in [0.3, 0.4) is 0 Å². The molecule has 0 spiro atoms. The number of ether oxygens (including phenoxy) is 2. The first-order valence-corrected chi connectivity index (χ1v) is 11.6. The number of β-lactam (4-membered cyclic amide) rings is 1. The Morgan fingerprint density at radius 2 is 2.06 bits per heavy atom. The number of carbonyl (C=O) groups excluding carboxylic acids is 4. The van der Waals surface area contributed by atoms with Crippen molar-refractivity contribution in [2.45, 2.75) is 32.2 Å². The first-order valence-electron chi connectivity index (χ1n) is 9.67. The molecule has 0 aromatic carbocycles. The number of amides is 2. The van der Waals surface area contributed by atoms with Crippen LogP contribution in [0, 0.1) is 5.41 Å². The van der Waals surface area contributed by atoms with E-state index in [1.807, 2.05) is 0 Å². The van der Waals surface area contributed by atoms with Gasteiger partial charge in [0, 0.05) is 11.1 Å². The standard InChI is InChI=1S/C19H23N5O7S2/c1-19(2,3)17(28)31-8-30-16(27)10-5-6-32-15-12(14(26)24(10)15)22-13(25)11(23-29-4)9-7-33-18(20)21-9/h5,7,12,15H,6,8H2,1-4H3,(H2,20,21)(H,22,25)/b23-11+. The van der Waals surface area contributed by atoms with E-state index < -0.39 is 47.4 Å². The highest BCUT2D eigenvalue weighted by Crippen LogP contribution is 2.37. The van der Waals surface area contributed by atoms with Crippen molar-refractivity contribution < 1.29 is 33.5 Å². The Morgan fingerprint density at radius 1 is 1.33 bits per heavy atom. The summed E-state index contributed by atoms with van der Waals surface area (Å²) in [4.78, 5) is 59.7. The molecule has 3 N–H and O–H groups in total. The molecule has 1 aromatic heterocycles. The van der Waals surface area contributed by atoms with Gasteiger partial charge < -0.3 is 25.4 Å². The van der Waals surface area contributed by atoms with Crippen molar-refractivity contribution in [2.24, 2.45) is 10.6 Å². The molecule has 0 radical (unpaired) electrons. The lowest BCUT2D eigenvalue weighted by molar-refractivity contribution is -0.173. The van der Waals surface area contributed by atoms with Crippen LogP contribution in [0.4, 0.5) is 5.13 Å². The molecule has 1 saturated heterocycles. The van der Waals surface area contributed by atoms with Gasteiger partial charge in [-0.25, -0.2) is 9.78 Å². The molecule has 2 aliphatic heterocycles. The third-order valence-corrected chi connectivity index (χ3v) is 6.35. The summed E-state index contributed by atoms with van der Waals surface area (Å²) in [5.74, 6) is -2.09. The fraction of sp³-hybridized carbons (Fsp3) is 0.474. The molecule has 1 aromatic rings. The van der Waals surface area contributed by atoms with Crippen LogP contribution in [-0.4, -0.2) is 70.4 Å². The Hall–Kier alpha value is -3.13. The van der Waals surface area contributed by atoms with E-state index in [0.717, 1.165) is 11.3 Å². The average Bonchev–Trinajstić information content (AvgIpc) is 3.19. The van der Waals surface area contributed by atoms with Crippen LogP contribution in [0.25, 0.3) is 0 Å². The van der Waals surface area contributed by atoms with E-state index in [2.05, 4.69) is 15.5 Å². The molecular weight excluding hydrogens is 474 g/mol. The number of aromatic nitrogens is 1. The minimum atomic E-state index is -0.893. The van der Waals surface area contributed by atoms with E-state index in [-0.39, 0.29) is 22.2 Å². The Morgan fingerprint density at radius 3 is 2.67 bits per heavy atom. The number of nitrogen functional groups attached to an aromatic ring is 1. The second-order valence-electron chi connectivity index (χ2n) is 7.90. The minimum Gasteiger partial charge on any atom is -0.427 e. The second kappa shape index (κ2) is 9.79. The number of oxime groups is 1. The summed E-state index contributed by atoms with van der Waals surface area (Å²) in [5, 5.41) is 7.57. The largest absolute Gasteiger partial charge is 0.427 e. The number of anilines is 1. The minimum absolute atomic E-state index is 0.0270. The van der Waals surface area contributed by atoms with Gasteiger partial charge in [0.15, 0.2) is 10.8 Å². The SMILES string of the molecule is CO/N=C(/C(=O)NC1C(=O)N2C(C(=O)OCOC(=O)C(C)(C)C)=CCSC12)c1csc(N)n1. The third-order valence-electron chi connectivity index (χ3n) is 4.50. The summed E-state index contributed by atoms with van der Waals surface area (Å²) in [6, 6.07) is -0.893. The molecule has 33 heavy (non-hydrogen) atoms. The van der Waals surface area contributed by atoms with Gasteiger partial charge in [0.2, 0.25) is 6.79 Å². The zero-order chi connectivity index (χ0) is 24.3. The van der Waals surface area contributed by atoms with Gasteiger partial charge in [0.1, 0.15) is 29.9 Å². The van der Waals surface area contributed by atoms with Crippen molar-refractivity contribution in [3.05, 3.63) is 22.8 Å². The van der Waals surface area contributed by atoms with Gasteiger partial charge in [-0.15, -0.1) is 23.1 Å². The lowest BCUT2D eigenvalue weighted by atomic mass is 9.98. The predicted octanol–water partition coefficient (Wildman–Crippen LogP) is 0.450. The van der Waals surface area contributed by atoms with Crippen LogP contribution in [0.15, 0.2) is 22.3 Å². The molecule has 2 aliphatic rings. The molecule has 3 rings (SSSR count). The number of fused-ring (bicyclic) bond motifs is 1. The number of thiazole rings is 1. The van der Waals surface area contributed by atoms with Gasteiger partial charge >= 0.3 is 11.9 Å². The molecular formula is C19H23N5O7S2. The summed E-state index contributed by atoms with van der Waals surface area (Å²) >= 11 is 2.49. The summed E-state index contributed by atoms with van der Waals surface area (Å²) in [6.45, 7) is 4.44. The molecule has 2 unspecified atom stereocenters. The van der Waals surface area contributed by atoms with Crippen molar-refractivity contribution in [3.63, 3.8) is 0 Å². The maximum Gasteiger partial charge on any atom is 0.357 e. The van der Waals surface area contributed by atoms with E-state index in [4.69, 9.17) is 20.0 Å². The highest BCUT2D eigenvalue weighted by Gasteiger charge is 2.53. The summed E-state index contributed by atoms with van der Waals surface area (Å²) in [7, 11) is 1.28. The molecule has 0 saturated carbocycles. The number of hydrogen-bond acceptors (Lipinski definition) is 12. The van der Waals surface area contributed by atoms with Crippen LogP contribution >= 0.6 is 23.1 Å². The topological polar surface area (TPSA) is 163 Å². The summed E-state index contributed by atoms with van der Waals surface area (Å²) < 4.78 is 9.93. The molecule has 0 aliphatic carbocycles. The molecule has 1 fully saturated rings. The van der Waals surface area contributed by atoms with Crippen molar-refractivity contribution in [1.29, 1.82) is 0 Å². The van der Waals surface area contributed by atoms with E-state index in [0.29, 0.717) is 5.75 Å². The lowest BCUT2D eigenvalue weighted by Crippen LogP contribution is -2.70. The number of thioether (sulfide) groups is 1. The highest BCUT2D eigenvalue weighted by atomic mass is 32.2. The molecule has 12 nitrogen and oxygen atoms in total. The van der Waals surface area contributed by atoms with Gasteiger partial charge in [-0.1, -0.05) is 5.16 Å². The Bertz CT molecular complexity index is 1030. The Kier molecular flexibility index (Phi) is 7.27. The highest BCUT2D eigenvalue weighted by molar-refractivity contribution is 8.00. The van der Waals surface area contributed by atoms with Crippen molar-refractivity contribution in [3.8, 4) is 0 Å². The second-order valence-corrected chi connectivity index (χ2v) is 9.94. The number of rotatable bonds is 7. The van der Waals surface area contributed by atoms with E-state index in [9.17, 15) is 19.2 Å². The fourth-order valence-electron chi connectivity index (χ4n) is 2.86. The average molecular weight is 498 g/mol. The zero-order valence-corrected chi connectivity index (χ0v) is 19.9. The number of hydrogen-bond donors (Lipinski definition) is 2. The van der Waals surface area contributed by atoms with E-state index >= 15 is 0 Å². The number of nitrogens with two attached hydrogens (primary N) is 1. The summed E-state index contributed by atoms with van der Waals surface area (Å²) in [5.41, 5.74) is 4.98. The number of nitrogens with zero attached hydrogens (tertiary/aromatic N) is 3. The molecule has 0 bridgehead atoms. The van der Waals surface area contributed by atoms with Crippen LogP contribution in [0.2, 0.25) is 0 Å². The van der Waals surface area contributed by atoms with Gasteiger partial charge in [-0.2, -0.15) is 0 Å². The number of nitrogens with one attached hydrogen (secondary N) is 1. The molecule has 3 heterocycles. The van der Waals surface area contributed by atoms with E-state index in [1.54, 1.807) is 32.2 Å². The molecule has 2 atom stereocenters. The Balaban J connectivity index is 1.61. The smallest absolute Gasteiger partial charge is 0.357 e. The normalized spacial score (nSPS) is 20.2. The van der Waals surface area contributed by atoms with Crippen LogP contribution in [0.1, 0.15) is 26.5 Å². The predicted molar refractivity (Wildman–Crippen MR) is 120 cm³/mol. The summed E-state index contributed by atoms with van der Waals surface area (Å²) in [6.07, 6.45) is 1.54. The van der Waals surface area contributed by atoms with Crippen LogP contribution in [0.5, 0.6) is 0 Å². The number of carbonyl (C=O) groups is 4. The monoisotopic (exact) mass is 497 g/mol. The van der Waals surface area contributed by atoms with Crippen LogP contribution in [-0.2, 0) is 33.5 Å². The van der Waals surface area contributed by atoms with Crippen molar-refractivity contribution >= 4 is 57.7 Å². The Labute approximate surface area is 197 Å². The fourth-order valence-corrected chi connectivity index (χ4v) is 4.60. The van der Waals surface area contributed by atoms with E-state index in [1.165, 1.54) is 23.8 Å². The zero-order valence-electron chi connectivity index (χ0n) is 18.3. The lowest BCUT2D eigenvalue weighted by Gasteiger charge is -2.48. The van der Waals surface area contributed by atoms with Crippen molar-refractivity contribution in [2.75, 3.05) is 25.4 Å². The van der Waals surface area contributed by atoms with Gasteiger partial charge in [-0.3, -0.25) is 19.3 Å². The maximum absolute atomic E-state index is 12.7. The quantitative estimate of drug-likeness (QED) is 0.178. The van der Waals surface area contributed by atoms with Gasteiger partial charge in [0.05, 0.1) is 5.41 Å². The van der Waals surface area contributed by atoms with Gasteiger partial charge in [-0.05, 0) is 26.8 Å². The molecule has 178 valence electrons. The van der Waals surface area contributed by atoms with Gasteiger partial charge in [0.25, 0.3) is 11.8 Å². The maximum atomic E-state index is 12.7. The molecule has 14 heteroatoms. The van der Waals surface area contributed by atoms with Crippen molar-refractivity contribution in [1.82, 2.24) is 15.2 Å².